The molecule has 0 fully saturated rings. The van der Waals surface area contributed by atoms with Gasteiger partial charge in [0.25, 0.3) is 0 Å². The average molecular weight is 376 g/mol. The maximum absolute atomic E-state index is 12.7. The number of hydrogen-bond acceptors (Lipinski definition) is 4. The third-order valence-corrected chi connectivity index (χ3v) is 5.54. The fraction of sp³-hybridized carbons (Fsp3) is 0.136. The number of rotatable bonds is 4. The molecule has 0 aliphatic carbocycles. The van der Waals surface area contributed by atoms with Crippen LogP contribution in [-0.4, -0.2) is 5.97 Å². The molecule has 2 heterocycles. The summed E-state index contributed by atoms with van der Waals surface area (Å²) >= 11 is 1.64. The molecule has 0 aliphatic rings. The van der Waals surface area contributed by atoms with Crippen LogP contribution in [-0.2, 0) is 22.7 Å². The molecule has 2 aromatic heterocycles. The van der Waals surface area contributed by atoms with Crippen molar-refractivity contribution in [3.8, 4) is 0 Å². The van der Waals surface area contributed by atoms with Gasteiger partial charge in [-0.3, -0.25) is 9.59 Å². The van der Waals surface area contributed by atoms with Crippen LogP contribution in [0.5, 0.6) is 0 Å². The fourth-order valence-electron chi connectivity index (χ4n) is 3.03. The number of nitrogens with zero attached hydrogens (tertiary/aromatic N) is 1. The zero-order valence-corrected chi connectivity index (χ0v) is 15.7. The van der Waals surface area contributed by atoms with Crippen molar-refractivity contribution in [1.29, 1.82) is 0 Å². The van der Waals surface area contributed by atoms with Crippen LogP contribution in [0.2, 0.25) is 0 Å². The Morgan fingerprint density at radius 1 is 0.963 bits per heavy atom. The Bertz CT molecular complexity index is 1200. The second-order valence-corrected chi connectivity index (χ2v) is 7.50. The van der Waals surface area contributed by atoms with Crippen LogP contribution in [0, 0.1) is 0 Å². The van der Waals surface area contributed by atoms with Gasteiger partial charge in [0, 0.05) is 50.4 Å². The minimum absolute atomic E-state index is 0.0911. The zero-order chi connectivity index (χ0) is 18.8. The topological polar surface area (TPSA) is 47.2 Å². The highest BCUT2D eigenvalue weighted by atomic mass is 32.1. The molecular weight excluding hydrogens is 358 g/mol. The van der Waals surface area contributed by atoms with E-state index < -0.39 is 0 Å². The van der Waals surface area contributed by atoms with Crippen molar-refractivity contribution in [2.75, 3.05) is 0 Å². The van der Waals surface area contributed by atoms with Crippen molar-refractivity contribution in [3.05, 3.63) is 88.3 Å². The number of carbonyl (C=O) groups excluding carboxylic acids is 1. The van der Waals surface area contributed by atoms with E-state index in [0.717, 1.165) is 31.3 Å². The summed E-state index contributed by atoms with van der Waals surface area (Å²) in [6.45, 7) is 2.39. The maximum Gasteiger partial charge on any atom is 0.302 e. The van der Waals surface area contributed by atoms with Crippen molar-refractivity contribution in [2.24, 2.45) is 0 Å². The van der Waals surface area contributed by atoms with Crippen molar-refractivity contribution < 1.29 is 14.1 Å². The highest BCUT2D eigenvalue weighted by Gasteiger charge is 2.09. The Kier molecular flexibility index (Phi) is 4.69. The van der Waals surface area contributed by atoms with Crippen molar-refractivity contribution in [3.63, 3.8) is 0 Å². The first-order valence-electron chi connectivity index (χ1n) is 8.66. The molecule has 0 saturated carbocycles. The summed E-state index contributed by atoms with van der Waals surface area (Å²) in [5.74, 6) is -0.283. The molecule has 0 unspecified atom stereocenters. The highest BCUT2D eigenvalue weighted by Crippen LogP contribution is 2.25. The predicted molar refractivity (Wildman–Crippen MR) is 107 cm³/mol. The zero-order valence-electron chi connectivity index (χ0n) is 14.8. The van der Waals surface area contributed by atoms with Crippen LogP contribution in [0.15, 0.2) is 71.8 Å². The Morgan fingerprint density at radius 3 is 2.48 bits per heavy atom. The van der Waals surface area contributed by atoms with Gasteiger partial charge in [-0.1, -0.05) is 18.2 Å². The van der Waals surface area contributed by atoms with Crippen molar-refractivity contribution in [1.82, 2.24) is 0 Å². The molecule has 134 valence electrons. The van der Waals surface area contributed by atoms with Gasteiger partial charge >= 0.3 is 5.97 Å². The molecule has 27 heavy (non-hydrogen) atoms. The summed E-state index contributed by atoms with van der Waals surface area (Å²) in [4.78, 5) is 23.6. The quantitative estimate of drug-likeness (QED) is 0.309. The van der Waals surface area contributed by atoms with Gasteiger partial charge in [-0.2, -0.15) is 0 Å². The molecule has 0 atom stereocenters. The highest BCUT2D eigenvalue weighted by molar-refractivity contribution is 7.24. The summed E-state index contributed by atoms with van der Waals surface area (Å²) in [6.07, 6.45) is 3.93. The van der Waals surface area contributed by atoms with Gasteiger partial charge in [0.2, 0.25) is 0 Å². The molecular formula is C22H18NO3S+. The molecule has 0 spiro atoms. The number of pyridine rings is 1. The SMILES string of the molecule is CC(=O)OCc1cc[n+](Cc2ccc3c(=O)c4ccccc4sc3c2)cc1. The van der Waals surface area contributed by atoms with Gasteiger partial charge in [-0.15, -0.1) is 11.3 Å². The summed E-state index contributed by atoms with van der Waals surface area (Å²) in [5, 5.41) is 1.55. The molecule has 0 aliphatic heterocycles. The normalized spacial score (nSPS) is 11.0. The lowest BCUT2D eigenvalue weighted by molar-refractivity contribution is -0.688. The first kappa shape index (κ1) is 17.4. The van der Waals surface area contributed by atoms with Crippen molar-refractivity contribution >= 4 is 37.5 Å². The lowest BCUT2D eigenvalue weighted by Gasteiger charge is -2.04. The second-order valence-electron chi connectivity index (χ2n) is 6.42. The Morgan fingerprint density at radius 2 is 1.70 bits per heavy atom. The van der Waals surface area contributed by atoms with Gasteiger partial charge in [-0.25, -0.2) is 4.57 Å². The van der Waals surface area contributed by atoms with E-state index in [1.807, 2.05) is 60.9 Å². The van der Waals surface area contributed by atoms with E-state index in [1.165, 1.54) is 6.92 Å². The summed E-state index contributed by atoms with van der Waals surface area (Å²) in [5.41, 5.74) is 2.17. The summed E-state index contributed by atoms with van der Waals surface area (Å²) in [6, 6.07) is 17.6. The third-order valence-electron chi connectivity index (χ3n) is 4.41. The molecule has 5 heteroatoms. The van der Waals surface area contributed by atoms with Crippen LogP contribution in [0.4, 0.5) is 0 Å². The number of ether oxygens (including phenoxy) is 1. The van der Waals surface area contributed by atoms with Gasteiger partial charge in [0.15, 0.2) is 24.4 Å². The van der Waals surface area contributed by atoms with E-state index in [0.29, 0.717) is 6.54 Å². The largest absolute Gasteiger partial charge is 0.461 e. The molecule has 2 aromatic carbocycles. The Hall–Kier alpha value is -3.05. The smallest absolute Gasteiger partial charge is 0.302 e. The van der Waals surface area contributed by atoms with Crippen LogP contribution >= 0.6 is 11.3 Å². The number of hydrogen-bond donors (Lipinski definition) is 0. The van der Waals surface area contributed by atoms with Gasteiger partial charge in [0.05, 0.1) is 0 Å². The van der Waals surface area contributed by atoms with E-state index in [1.54, 1.807) is 11.3 Å². The predicted octanol–water partition coefficient (Wildman–Crippen LogP) is 3.81. The molecule has 4 nitrogen and oxygen atoms in total. The van der Waals surface area contributed by atoms with Gasteiger partial charge in [0.1, 0.15) is 6.61 Å². The van der Waals surface area contributed by atoms with Crippen LogP contribution in [0.1, 0.15) is 18.1 Å². The number of aromatic nitrogens is 1. The number of esters is 1. The minimum Gasteiger partial charge on any atom is -0.461 e. The molecule has 0 saturated heterocycles. The summed E-state index contributed by atoms with van der Waals surface area (Å²) < 4.78 is 9.07. The fourth-order valence-corrected chi connectivity index (χ4v) is 4.16. The van der Waals surface area contributed by atoms with E-state index in [4.69, 9.17) is 4.74 Å². The van der Waals surface area contributed by atoms with E-state index in [2.05, 4.69) is 10.6 Å². The minimum atomic E-state index is -0.283. The number of benzene rings is 2. The Labute approximate surface area is 160 Å². The average Bonchev–Trinajstić information content (AvgIpc) is 2.67. The van der Waals surface area contributed by atoms with E-state index in [-0.39, 0.29) is 18.0 Å². The molecule has 0 amide bonds. The van der Waals surface area contributed by atoms with Crippen LogP contribution in [0.3, 0.4) is 0 Å². The first-order chi connectivity index (χ1) is 13.1. The monoisotopic (exact) mass is 376 g/mol. The molecule has 4 rings (SSSR count). The molecule has 0 radical (unpaired) electrons. The lowest BCUT2D eigenvalue weighted by atomic mass is 10.1. The van der Waals surface area contributed by atoms with Crippen molar-refractivity contribution in [2.45, 2.75) is 20.1 Å². The molecule has 0 N–H and O–H groups in total. The first-order valence-corrected chi connectivity index (χ1v) is 9.47. The van der Waals surface area contributed by atoms with Gasteiger partial charge in [-0.05, 0) is 24.3 Å². The van der Waals surface area contributed by atoms with Crippen LogP contribution < -0.4 is 10.00 Å². The van der Waals surface area contributed by atoms with E-state index in [9.17, 15) is 9.59 Å². The number of carbonyl (C=O) groups is 1. The lowest BCUT2D eigenvalue weighted by Crippen LogP contribution is -2.33. The Balaban J connectivity index is 1.61. The third kappa shape index (κ3) is 3.73. The number of fused-ring (bicyclic) bond motifs is 2. The summed E-state index contributed by atoms with van der Waals surface area (Å²) in [7, 11) is 0. The van der Waals surface area contributed by atoms with Crippen LogP contribution in [0.25, 0.3) is 20.2 Å². The second kappa shape index (κ2) is 7.29. The molecule has 4 aromatic rings. The van der Waals surface area contributed by atoms with Gasteiger partial charge < -0.3 is 4.74 Å². The van der Waals surface area contributed by atoms with E-state index >= 15 is 0 Å². The molecule has 0 bridgehead atoms. The maximum atomic E-state index is 12.7. The standard InChI is InChI=1S/C22H18NO3S/c1-15(24)26-14-16-8-10-23(11-9-16)13-17-6-7-19-21(12-17)27-20-5-3-2-4-18(20)22(19)25/h2-12H,13-14H2,1H3/q+1.